The molecule has 1 aromatic heterocycles. The van der Waals surface area contributed by atoms with Gasteiger partial charge in [0.15, 0.2) is 0 Å². The van der Waals surface area contributed by atoms with Gasteiger partial charge in [-0.15, -0.1) is 0 Å². The summed E-state index contributed by atoms with van der Waals surface area (Å²) in [7, 11) is 0. The van der Waals surface area contributed by atoms with Crippen molar-refractivity contribution in [2.45, 2.75) is 38.5 Å². The molecule has 0 radical (unpaired) electrons. The fourth-order valence-electron chi connectivity index (χ4n) is 1.52. The number of nitrogens with zero attached hydrogens (tertiary/aromatic N) is 2. The molecule has 76 valence electrons. The lowest BCUT2D eigenvalue weighted by molar-refractivity contribution is 0.812. The van der Waals surface area contributed by atoms with E-state index in [9.17, 15) is 0 Å². The van der Waals surface area contributed by atoms with E-state index in [0.717, 1.165) is 30.2 Å². The number of hydrogen-bond acceptors (Lipinski definition) is 4. The van der Waals surface area contributed by atoms with E-state index in [-0.39, 0.29) is 0 Å². The Balaban J connectivity index is 2.26. The van der Waals surface area contributed by atoms with Gasteiger partial charge in [0.05, 0.1) is 0 Å². The van der Waals surface area contributed by atoms with Gasteiger partial charge in [0.25, 0.3) is 0 Å². The zero-order valence-corrected chi connectivity index (χ0v) is 8.45. The molecule has 1 aromatic rings. The zero-order chi connectivity index (χ0) is 9.97. The van der Waals surface area contributed by atoms with E-state index in [1.165, 1.54) is 12.8 Å². The highest BCUT2D eigenvalue weighted by molar-refractivity contribution is 5.36. The highest BCUT2D eigenvalue weighted by atomic mass is 15.3. The first-order valence-corrected chi connectivity index (χ1v) is 5.18. The smallest absolute Gasteiger partial charge is 0.143 e. The van der Waals surface area contributed by atoms with Crippen LogP contribution < -0.4 is 11.3 Å². The highest BCUT2D eigenvalue weighted by Gasteiger charge is 2.25. The minimum Gasteiger partial charge on any atom is -0.308 e. The molecule has 0 aliphatic heterocycles. The third-order valence-electron chi connectivity index (χ3n) is 2.41. The molecule has 1 aliphatic carbocycles. The molecule has 0 spiro atoms. The molecule has 3 N–H and O–H groups in total. The number of hydrazine groups is 1. The van der Waals surface area contributed by atoms with Gasteiger partial charge >= 0.3 is 0 Å². The van der Waals surface area contributed by atoms with Crippen LogP contribution in [0.3, 0.4) is 0 Å². The van der Waals surface area contributed by atoms with Gasteiger partial charge in [-0.3, -0.25) is 0 Å². The lowest BCUT2D eigenvalue weighted by Crippen LogP contribution is -2.11. The van der Waals surface area contributed by atoms with E-state index >= 15 is 0 Å². The highest BCUT2D eigenvalue weighted by Crippen LogP contribution is 2.39. The zero-order valence-electron chi connectivity index (χ0n) is 8.45. The monoisotopic (exact) mass is 192 g/mol. The molecule has 1 aliphatic rings. The standard InChI is InChI=1S/C10H16N4/c1-2-3-9-12-8(7-4-5-7)6-10(13-9)14-11/h6-7H,2-5,11H2,1H3,(H,12,13,14). The molecule has 4 heteroatoms. The van der Waals surface area contributed by atoms with Crippen molar-refractivity contribution >= 4 is 5.82 Å². The minimum atomic E-state index is 0.653. The Hall–Kier alpha value is -1.16. The average Bonchev–Trinajstić information content (AvgIpc) is 3.01. The summed E-state index contributed by atoms with van der Waals surface area (Å²) in [6.07, 6.45) is 4.51. The lowest BCUT2D eigenvalue weighted by Gasteiger charge is -2.05. The van der Waals surface area contributed by atoms with Crippen LogP contribution in [-0.4, -0.2) is 9.97 Å². The van der Waals surface area contributed by atoms with E-state index in [2.05, 4.69) is 22.3 Å². The minimum absolute atomic E-state index is 0.653. The van der Waals surface area contributed by atoms with Crippen LogP contribution in [0.5, 0.6) is 0 Å². The summed E-state index contributed by atoms with van der Waals surface area (Å²) in [6, 6.07) is 1.96. The molecule has 0 unspecified atom stereocenters. The van der Waals surface area contributed by atoms with Crippen LogP contribution in [-0.2, 0) is 6.42 Å². The summed E-state index contributed by atoms with van der Waals surface area (Å²) in [4.78, 5) is 8.83. The van der Waals surface area contributed by atoms with Crippen molar-refractivity contribution in [3.8, 4) is 0 Å². The van der Waals surface area contributed by atoms with Gasteiger partial charge in [0.2, 0.25) is 0 Å². The van der Waals surface area contributed by atoms with Crippen molar-refractivity contribution in [2.75, 3.05) is 5.43 Å². The van der Waals surface area contributed by atoms with Crippen molar-refractivity contribution in [3.63, 3.8) is 0 Å². The summed E-state index contributed by atoms with van der Waals surface area (Å²) >= 11 is 0. The molecule has 1 fully saturated rings. The van der Waals surface area contributed by atoms with Gasteiger partial charge in [-0.25, -0.2) is 15.8 Å². The lowest BCUT2D eigenvalue weighted by atomic mass is 10.2. The van der Waals surface area contributed by atoms with Gasteiger partial charge < -0.3 is 5.43 Å². The number of anilines is 1. The fraction of sp³-hybridized carbons (Fsp3) is 0.600. The Morgan fingerprint density at radius 1 is 1.50 bits per heavy atom. The van der Waals surface area contributed by atoms with Crippen molar-refractivity contribution in [1.29, 1.82) is 0 Å². The Kier molecular flexibility index (Phi) is 2.63. The maximum atomic E-state index is 5.36. The molecule has 0 saturated heterocycles. The molecule has 1 saturated carbocycles. The van der Waals surface area contributed by atoms with E-state index < -0.39 is 0 Å². The third kappa shape index (κ3) is 2.01. The number of rotatable bonds is 4. The van der Waals surface area contributed by atoms with E-state index in [1.54, 1.807) is 0 Å². The first-order chi connectivity index (χ1) is 6.83. The number of aromatic nitrogens is 2. The number of aryl methyl sites for hydroxylation is 1. The van der Waals surface area contributed by atoms with Crippen molar-refractivity contribution in [1.82, 2.24) is 9.97 Å². The number of hydrogen-bond donors (Lipinski definition) is 2. The number of nitrogens with one attached hydrogen (secondary N) is 1. The van der Waals surface area contributed by atoms with Crippen LogP contribution in [0.4, 0.5) is 5.82 Å². The van der Waals surface area contributed by atoms with Crippen molar-refractivity contribution in [3.05, 3.63) is 17.6 Å². The van der Waals surface area contributed by atoms with Crippen LogP contribution in [0.2, 0.25) is 0 Å². The molecule has 1 heterocycles. The second-order valence-corrected chi connectivity index (χ2v) is 3.76. The van der Waals surface area contributed by atoms with Crippen LogP contribution in [0.25, 0.3) is 0 Å². The van der Waals surface area contributed by atoms with Crippen LogP contribution >= 0.6 is 0 Å². The van der Waals surface area contributed by atoms with Crippen molar-refractivity contribution < 1.29 is 0 Å². The SMILES string of the molecule is CCCc1nc(NN)cc(C2CC2)n1. The first-order valence-electron chi connectivity index (χ1n) is 5.18. The van der Waals surface area contributed by atoms with Gasteiger partial charge in [0, 0.05) is 24.1 Å². The molecular formula is C10H16N4. The van der Waals surface area contributed by atoms with E-state index in [0.29, 0.717) is 5.92 Å². The maximum absolute atomic E-state index is 5.36. The third-order valence-corrected chi connectivity index (χ3v) is 2.41. The first kappa shape index (κ1) is 9.40. The molecule has 0 amide bonds. The largest absolute Gasteiger partial charge is 0.308 e. The molecule has 4 nitrogen and oxygen atoms in total. The number of nitrogens with two attached hydrogens (primary N) is 1. The van der Waals surface area contributed by atoms with Gasteiger partial charge in [0.1, 0.15) is 11.6 Å². The summed E-state index contributed by atoms with van der Waals surface area (Å²) in [5.74, 6) is 7.67. The Morgan fingerprint density at radius 2 is 2.29 bits per heavy atom. The van der Waals surface area contributed by atoms with Crippen molar-refractivity contribution in [2.24, 2.45) is 5.84 Å². The molecular weight excluding hydrogens is 176 g/mol. The van der Waals surface area contributed by atoms with Crippen LogP contribution in [0, 0.1) is 0 Å². The summed E-state index contributed by atoms with van der Waals surface area (Å²) in [5.41, 5.74) is 3.75. The normalized spacial score (nSPS) is 15.6. The second kappa shape index (κ2) is 3.92. The van der Waals surface area contributed by atoms with E-state index in [4.69, 9.17) is 5.84 Å². The predicted octanol–water partition coefficient (Wildman–Crippen LogP) is 1.59. The summed E-state index contributed by atoms with van der Waals surface area (Å²) in [6.45, 7) is 2.13. The second-order valence-electron chi connectivity index (χ2n) is 3.76. The Morgan fingerprint density at radius 3 is 2.86 bits per heavy atom. The molecule has 14 heavy (non-hydrogen) atoms. The fourth-order valence-corrected chi connectivity index (χ4v) is 1.52. The van der Waals surface area contributed by atoms with Gasteiger partial charge in [-0.05, 0) is 19.3 Å². The maximum Gasteiger partial charge on any atom is 0.143 e. The molecule has 0 bridgehead atoms. The number of nitrogen functional groups attached to an aromatic ring is 1. The Bertz CT molecular complexity index is 320. The average molecular weight is 192 g/mol. The van der Waals surface area contributed by atoms with Gasteiger partial charge in [-0.2, -0.15) is 0 Å². The summed E-state index contributed by atoms with van der Waals surface area (Å²) < 4.78 is 0. The Labute approximate surface area is 83.9 Å². The van der Waals surface area contributed by atoms with E-state index in [1.807, 2.05) is 6.07 Å². The quantitative estimate of drug-likeness (QED) is 0.561. The molecule has 0 aromatic carbocycles. The van der Waals surface area contributed by atoms with Crippen LogP contribution in [0.15, 0.2) is 6.07 Å². The predicted molar refractivity (Wildman–Crippen MR) is 55.8 cm³/mol. The van der Waals surface area contributed by atoms with Crippen LogP contribution in [0.1, 0.15) is 43.6 Å². The molecule has 0 atom stereocenters. The topological polar surface area (TPSA) is 63.8 Å². The van der Waals surface area contributed by atoms with Gasteiger partial charge in [-0.1, -0.05) is 6.92 Å². The molecule has 2 rings (SSSR count). The summed E-state index contributed by atoms with van der Waals surface area (Å²) in [5, 5.41) is 0.